The van der Waals surface area contributed by atoms with Gasteiger partial charge in [0.15, 0.2) is 6.61 Å². The zero-order valence-corrected chi connectivity index (χ0v) is 13.4. The van der Waals surface area contributed by atoms with Gasteiger partial charge in [-0.3, -0.25) is 14.9 Å². The lowest BCUT2D eigenvalue weighted by molar-refractivity contribution is -0.123. The number of esters is 1. The van der Waals surface area contributed by atoms with E-state index in [-0.39, 0.29) is 0 Å². The van der Waals surface area contributed by atoms with Gasteiger partial charge < -0.3 is 9.30 Å². The second-order valence-electron chi connectivity index (χ2n) is 4.06. The topological polar surface area (TPSA) is 77.4 Å². The van der Waals surface area contributed by atoms with Crippen molar-refractivity contribution in [3.05, 3.63) is 44.8 Å². The molecule has 2 heterocycles. The molecule has 0 atom stereocenters. The molecule has 0 saturated carbocycles. The van der Waals surface area contributed by atoms with Crippen LogP contribution >= 0.6 is 27.3 Å². The van der Waals surface area contributed by atoms with Crippen LogP contribution < -0.4 is 5.32 Å². The Bertz CT molecular complexity index is 692. The van der Waals surface area contributed by atoms with Crippen molar-refractivity contribution in [2.45, 2.75) is 0 Å². The number of thiophene rings is 1. The van der Waals surface area contributed by atoms with Gasteiger partial charge in [-0.1, -0.05) is 0 Å². The normalized spacial score (nSPS) is 10.2. The zero-order chi connectivity index (χ0) is 15.4. The van der Waals surface area contributed by atoms with E-state index in [0.717, 1.165) is 3.79 Å². The highest BCUT2D eigenvalue weighted by molar-refractivity contribution is 9.11. The summed E-state index contributed by atoms with van der Waals surface area (Å²) in [5.41, 5.74) is 0.344. The number of hydrogen-bond donors (Lipinski definition) is 1. The number of aryl methyl sites for hydroxylation is 1. The van der Waals surface area contributed by atoms with Crippen LogP contribution in [0.5, 0.6) is 0 Å². The van der Waals surface area contributed by atoms with Crippen molar-refractivity contribution in [2.24, 2.45) is 7.05 Å². The molecule has 21 heavy (non-hydrogen) atoms. The van der Waals surface area contributed by atoms with Crippen molar-refractivity contribution in [2.75, 3.05) is 6.61 Å². The molecule has 0 fully saturated rings. The molecule has 0 unspecified atom stereocenters. The van der Waals surface area contributed by atoms with E-state index >= 15 is 0 Å². The molecule has 6 nitrogen and oxygen atoms in total. The SMILES string of the molecule is Cn1cccc1C(=O)NC(=O)COC(=O)c1ccc(Br)s1. The maximum Gasteiger partial charge on any atom is 0.348 e. The van der Waals surface area contributed by atoms with Crippen LogP contribution in [0.4, 0.5) is 0 Å². The first-order valence-corrected chi connectivity index (χ1v) is 7.46. The molecule has 0 radical (unpaired) electrons. The van der Waals surface area contributed by atoms with Gasteiger partial charge in [-0.2, -0.15) is 0 Å². The summed E-state index contributed by atoms with van der Waals surface area (Å²) in [5.74, 6) is -1.82. The summed E-state index contributed by atoms with van der Waals surface area (Å²) in [6.45, 7) is -0.509. The highest BCUT2D eigenvalue weighted by Crippen LogP contribution is 2.22. The number of aromatic nitrogens is 1. The molecule has 0 saturated heterocycles. The van der Waals surface area contributed by atoms with Gasteiger partial charge in [0.25, 0.3) is 11.8 Å². The van der Waals surface area contributed by atoms with E-state index < -0.39 is 24.4 Å². The molecular weight excluding hydrogens is 360 g/mol. The molecule has 2 aromatic rings. The number of hydrogen-bond acceptors (Lipinski definition) is 5. The zero-order valence-electron chi connectivity index (χ0n) is 11.0. The van der Waals surface area contributed by atoms with Crippen molar-refractivity contribution >= 4 is 45.1 Å². The maximum atomic E-state index is 11.8. The van der Waals surface area contributed by atoms with Crippen LogP contribution in [-0.2, 0) is 16.6 Å². The van der Waals surface area contributed by atoms with Crippen LogP contribution in [-0.4, -0.2) is 29.0 Å². The van der Waals surface area contributed by atoms with Gasteiger partial charge in [0.05, 0.1) is 3.79 Å². The average molecular weight is 371 g/mol. The minimum atomic E-state index is -0.676. The number of rotatable bonds is 4. The van der Waals surface area contributed by atoms with Crippen molar-refractivity contribution in [3.8, 4) is 0 Å². The molecule has 8 heteroatoms. The van der Waals surface area contributed by atoms with Crippen molar-refractivity contribution in [1.29, 1.82) is 0 Å². The molecule has 0 aliphatic carbocycles. The molecule has 2 amide bonds. The van der Waals surface area contributed by atoms with Gasteiger partial charge in [0.2, 0.25) is 0 Å². The molecule has 2 rings (SSSR count). The summed E-state index contributed by atoms with van der Waals surface area (Å²) < 4.78 is 7.20. The minimum Gasteiger partial charge on any atom is -0.451 e. The second-order valence-corrected chi connectivity index (χ2v) is 6.52. The summed E-state index contributed by atoms with van der Waals surface area (Å²) in [6, 6.07) is 6.57. The summed E-state index contributed by atoms with van der Waals surface area (Å²) in [7, 11) is 1.69. The second kappa shape index (κ2) is 6.68. The minimum absolute atomic E-state index is 0.344. The van der Waals surface area contributed by atoms with Crippen molar-refractivity contribution < 1.29 is 19.1 Å². The Morgan fingerprint density at radius 2 is 2.10 bits per heavy atom. The molecule has 2 aromatic heterocycles. The third-order valence-electron chi connectivity index (χ3n) is 2.54. The van der Waals surface area contributed by atoms with E-state index in [1.807, 2.05) is 0 Å². The van der Waals surface area contributed by atoms with Gasteiger partial charge in [-0.25, -0.2) is 4.79 Å². The molecule has 0 aromatic carbocycles. The molecule has 0 bridgehead atoms. The monoisotopic (exact) mass is 370 g/mol. The van der Waals surface area contributed by atoms with E-state index in [2.05, 4.69) is 21.2 Å². The lowest BCUT2D eigenvalue weighted by Gasteiger charge is -2.05. The van der Waals surface area contributed by atoms with E-state index in [1.54, 1.807) is 42.1 Å². The molecule has 0 aliphatic rings. The molecular formula is C13H11BrN2O4S. The quantitative estimate of drug-likeness (QED) is 0.834. The Balaban J connectivity index is 1.84. The Kier molecular flexibility index (Phi) is 4.92. The Morgan fingerprint density at radius 1 is 1.33 bits per heavy atom. The van der Waals surface area contributed by atoms with E-state index in [0.29, 0.717) is 10.6 Å². The van der Waals surface area contributed by atoms with Gasteiger partial charge in [0.1, 0.15) is 10.6 Å². The van der Waals surface area contributed by atoms with Crippen LogP contribution in [0.15, 0.2) is 34.2 Å². The van der Waals surface area contributed by atoms with Crippen molar-refractivity contribution in [1.82, 2.24) is 9.88 Å². The number of ether oxygens (including phenoxy) is 1. The van der Waals surface area contributed by atoms with E-state index in [1.165, 1.54) is 11.3 Å². The molecule has 1 N–H and O–H groups in total. The third kappa shape index (κ3) is 4.02. The van der Waals surface area contributed by atoms with Crippen LogP contribution in [0.3, 0.4) is 0 Å². The highest BCUT2D eigenvalue weighted by Gasteiger charge is 2.16. The predicted octanol–water partition coefficient (Wildman–Crippen LogP) is 1.96. The standard InChI is InChI=1S/C13H11BrN2O4S/c1-16-6-2-3-8(16)12(18)15-11(17)7-20-13(19)9-4-5-10(14)21-9/h2-6H,7H2,1H3,(H,15,17,18). The lowest BCUT2D eigenvalue weighted by atomic mass is 10.4. The number of carbonyl (C=O) groups is 3. The van der Waals surface area contributed by atoms with E-state index in [9.17, 15) is 14.4 Å². The first-order valence-electron chi connectivity index (χ1n) is 5.85. The fourth-order valence-electron chi connectivity index (χ4n) is 1.55. The first-order chi connectivity index (χ1) is 9.97. The van der Waals surface area contributed by atoms with Gasteiger partial charge in [-0.15, -0.1) is 11.3 Å². The predicted molar refractivity (Wildman–Crippen MR) is 80.2 cm³/mol. The molecule has 110 valence electrons. The first kappa shape index (κ1) is 15.5. The largest absolute Gasteiger partial charge is 0.451 e. The Labute approximate surface area is 132 Å². The summed E-state index contributed by atoms with van der Waals surface area (Å²) in [6.07, 6.45) is 1.69. The summed E-state index contributed by atoms with van der Waals surface area (Å²) in [4.78, 5) is 35.3. The molecule has 0 spiro atoms. The van der Waals surface area contributed by atoms with Gasteiger partial charge in [-0.05, 0) is 40.2 Å². The van der Waals surface area contributed by atoms with Crippen LogP contribution in [0.25, 0.3) is 0 Å². The molecule has 0 aliphatic heterocycles. The fraction of sp³-hybridized carbons (Fsp3) is 0.154. The smallest absolute Gasteiger partial charge is 0.348 e. The number of imide groups is 1. The summed E-state index contributed by atoms with van der Waals surface area (Å²) >= 11 is 4.43. The van der Waals surface area contributed by atoms with Gasteiger partial charge in [0, 0.05) is 13.2 Å². The van der Waals surface area contributed by atoms with Crippen LogP contribution in [0.1, 0.15) is 20.2 Å². The van der Waals surface area contributed by atoms with Gasteiger partial charge >= 0.3 is 5.97 Å². The number of nitrogens with zero attached hydrogens (tertiary/aromatic N) is 1. The Hall–Kier alpha value is -1.93. The third-order valence-corrected chi connectivity index (χ3v) is 4.14. The van der Waals surface area contributed by atoms with Crippen LogP contribution in [0.2, 0.25) is 0 Å². The van der Waals surface area contributed by atoms with Crippen molar-refractivity contribution in [3.63, 3.8) is 0 Å². The highest BCUT2D eigenvalue weighted by atomic mass is 79.9. The fourth-order valence-corrected chi connectivity index (χ4v) is 2.83. The number of halogens is 1. The number of nitrogens with one attached hydrogen (secondary N) is 1. The Morgan fingerprint density at radius 3 is 2.67 bits per heavy atom. The number of amides is 2. The maximum absolute atomic E-state index is 11.8. The van der Waals surface area contributed by atoms with E-state index in [4.69, 9.17) is 4.74 Å². The summed E-state index contributed by atoms with van der Waals surface area (Å²) in [5, 5.41) is 2.15. The lowest BCUT2D eigenvalue weighted by Crippen LogP contribution is -2.35. The van der Waals surface area contributed by atoms with Crippen LogP contribution in [0, 0.1) is 0 Å². The number of carbonyl (C=O) groups excluding carboxylic acids is 3. The average Bonchev–Trinajstić information content (AvgIpc) is 3.04.